The van der Waals surface area contributed by atoms with Crippen LogP contribution >= 0.6 is 0 Å². The normalized spacial score (nSPS) is 14.0. The molecular formula is C13H30IN. The number of halogens is 1. The Hall–Kier alpha value is 0.690. The lowest BCUT2D eigenvalue weighted by Crippen LogP contribution is -3.00. The minimum absolute atomic E-state index is 0. The third kappa shape index (κ3) is 7.56. The molecule has 94 valence electrons. The van der Waals surface area contributed by atoms with E-state index in [0.717, 1.165) is 10.4 Å². The van der Waals surface area contributed by atoms with Gasteiger partial charge in [-0.15, -0.1) is 0 Å². The highest BCUT2D eigenvalue weighted by Crippen LogP contribution is 2.40. The van der Waals surface area contributed by atoms with E-state index in [1.54, 1.807) is 0 Å². The molecule has 0 amide bonds. The van der Waals surface area contributed by atoms with E-state index in [0.29, 0.717) is 10.8 Å². The molecule has 0 aromatic rings. The molecule has 15 heavy (non-hydrogen) atoms. The van der Waals surface area contributed by atoms with Gasteiger partial charge in [-0.3, -0.25) is 0 Å². The fraction of sp³-hybridized carbons (Fsp3) is 1.00. The van der Waals surface area contributed by atoms with Gasteiger partial charge >= 0.3 is 0 Å². The molecule has 0 fully saturated rings. The zero-order valence-electron chi connectivity index (χ0n) is 12.1. The predicted octanol–water partition coefficient (Wildman–Crippen LogP) is 0.405. The largest absolute Gasteiger partial charge is 1.00 e. The molecule has 0 aliphatic heterocycles. The van der Waals surface area contributed by atoms with Gasteiger partial charge in [0.05, 0.1) is 27.7 Å². The summed E-state index contributed by atoms with van der Waals surface area (Å²) < 4.78 is 1.05. The van der Waals surface area contributed by atoms with Crippen LogP contribution in [0.2, 0.25) is 0 Å². The monoisotopic (exact) mass is 327 g/mol. The van der Waals surface area contributed by atoms with Gasteiger partial charge < -0.3 is 28.5 Å². The van der Waals surface area contributed by atoms with Crippen molar-refractivity contribution in [3.8, 4) is 0 Å². The van der Waals surface area contributed by atoms with Gasteiger partial charge in [-0.1, -0.05) is 41.5 Å². The van der Waals surface area contributed by atoms with Gasteiger partial charge in [-0.05, 0) is 10.8 Å². The quantitative estimate of drug-likeness (QED) is 0.509. The smallest absolute Gasteiger partial charge is 0.0819 e. The fourth-order valence-corrected chi connectivity index (χ4v) is 2.39. The first-order chi connectivity index (χ1) is 5.84. The molecular weight excluding hydrogens is 297 g/mol. The lowest BCUT2D eigenvalue weighted by Gasteiger charge is -2.43. The van der Waals surface area contributed by atoms with Crippen molar-refractivity contribution in [1.29, 1.82) is 0 Å². The average molecular weight is 327 g/mol. The molecule has 0 heterocycles. The highest BCUT2D eigenvalue weighted by atomic mass is 127. The summed E-state index contributed by atoms with van der Waals surface area (Å²) in [6.07, 6.45) is 0. The lowest BCUT2D eigenvalue weighted by atomic mass is 9.66. The Kier molecular flexibility index (Phi) is 6.44. The van der Waals surface area contributed by atoms with Crippen LogP contribution in [0.1, 0.15) is 41.5 Å². The summed E-state index contributed by atoms with van der Waals surface area (Å²) >= 11 is 0. The zero-order valence-corrected chi connectivity index (χ0v) is 14.3. The third-order valence-electron chi connectivity index (χ3n) is 2.82. The SMILES string of the molecule is CC(C)(C)C(C[N+](C)(C)C)C(C)(C)C.[I-]. The molecule has 1 nitrogen and oxygen atoms in total. The molecule has 2 heteroatoms. The van der Waals surface area contributed by atoms with E-state index in [1.807, 2.05) is 0 Å². The molecule has 0 saturated carbocycles. The Labute approximate surface area is 114 Å². The standard InChI is InChI=1S/C13H30N.HI/c1-12(2,3)11(13(4,5)6)10-14(7,8)9;/h11H,10H2,1-9H3;1H/q+1;/p-1. The van der Waals surface area contributed by atoms with Gasteiger partial charge in [0.25, 0.3) is 0 Å². The van der Waals surface area contributed by atoms with E-state index in [2.05, 4.69) is 62.7 Å². The summed E-state index contributed by atoms with van der Waals surface area (Å²) in [4.78, 5) is 0. The van der Waals surface area contributed by atoms with E-state index in [4.69, 9.17) is 0 Å². The summed E-state index contributed by atoms with van der Waals surface area (Å²) in [6, 6.07) is 0. The van der Waals surface area contributed by atoms with E-state index in [9.17, 15) is 0 Å². The number of hydrogen-bond donors (Lipinski definition) is 0. The molecule has 0 aliphatic rings. The topological polar surface area (TPSA) is 0 Å². The van der Waals surface area contributed by atoms with Gasteiger partial charge in [0.15, 0.2) is 0 Å². The zero-order chi connectivity index (χ0) is 11.8. The van der Waals surface area contributed by atoms with E-state index in [1.165, 1.54) is 6.54 Å². The summed E-state index contributed by atoms with van der Waals surface area (Å²) in [6.45, 7) is 15.4. The van der Waals surface area contributed by atoms with Gasteiger partial charge in [-0.25, -0.2) is 0 Å². The second-order valence-corrected chi connectivity index (χ2v) is 7.76. The molecule has 0 radical (unpaired) electrons. The fourth-order valence-electron chi connectivity index (χ4n) is 2.39. The van der Waals surface area contributed by atoms with Crippen molar-refractivity contribution >= 4 is 0 Å². The first-order valence-electron chi connectivity index (χ1n) is 5.64. The van der Waals surface area contributed by atoms with Gasteiger partial charge in [0, 0.05) is 5.92 Å². The maximum absolute atomic E-state index is 2.36. The first-order valence-corrected chi connectivity index (χ1v) is 5.64. The van der Waals surface area contributed by atoms with Crippen LogP contribution < -0.4 is 24.0 Å². The van der Waals surface area contributed by atoms with Crippen molar-refractivity contribution in [2.75, 3.05) is 27.7 Å². The van der Waals surface area contributed by atoms with E-state index in [-0.39, 0.29) is 24.0 Å². The molecule has 0 unspecified atom stereocenters. The molecule has 0 spiro atoms. The van der Waals surface area contributed by atoms with Crippen molar-refractivity contribution < 1.29 is 28.5 Å². The Morgan fingerprint density at radius 3 is 1.13 bits per heavy atom. The van der Waals surface area contributed by atoms with Crippen molar-refractivity contribution in [3.05, 3.63) is 0 Å². The molecule has 0 bridgehead atoms. The van der Waals surface area contributed by atoms with Crippen LogP contribution in [0.15, 0.2) is 0 Å². The second kappa shape index (κ2) is 5.35. The Balaban J connectivity index is 0. The number of hydrogen-bond acceptors (Lipinski definition) is 0. The highest BCUT2D eigenvalue weighted by molar-refractivity contribution is 4.83. The Bertz CT molecular complexity index is 164. The predicted molar refractivity (Wildman–Crippen MR) is 65.3 cm³/mol. The number of nitrogens with zero attached hydrogens (tertiary/aromatic N) is 1. The molecule has 0 aromatic carbocycles. The van der Waals surface area contributed by atoms with Crippen LogP contribution in [-0.2, 0) is 0 Å². The average Bonchev–Trinajstić information content (AvgIpc) is 1.75. The van der Waals surface area contributed by atoms with Crippen molar-refractivity contribution in [3.63, 3.8) is 0 Å². The minimum Gasteiger partial charge on any atom is -1.00 e. The van der Waals surface area contributed by atoms with Crippen LogP contribution in [0.3, 0.4) is 0 Å². The lowest BCUT2D eigenvalue weighted by molar-refractivity contribution is -0.875. The third-order valence-corrected chi connectivity index (χ3v) is 2.82. The van der Waals surface area contributed by atoms with Gasteiger partial charge in [0.1, 0.15) is 0 Å². The summed E-state index contributed by atoms with van der Waals surface area (Å²) in [5.74, 6) is 0.745. The van der Waals surface area contributed by atoms with Crippen LogP contribution in [0, 0.1) is 16.7 Å². The maximum atomic E-state index is 2.36. The highest BCUT2D eigenvalue weighted by Gasteiger charge is 2.38. The molecule has 0 aliphatic carbocycles. The number of quaternary nitrogens is 1. The van der Waals surface area contributed by atoms with E-state index >= 15 is 0 Å². The number of rotatable bonds is 2. The van der Waals surface area contributed by atoms with Crippen molar-refractivity contribution in [1.82, 2.24) is 0 Å². The summed E-state index contributed by atoms with van der Waals surface area (Å²) in [5, 5.41) is 0. The minimum atomic E-state index is 0. The molecule has 0 aromatic heterocycles. The van der Waals surface area contributed by atoms with Gasteiger partial charge in [0.2, 0.25) is 0 Å². The maximum Gasteiger partial charge on any atom is 0.0819 e. The second-order valence-electron chi connectivity index (χ2n) is 7.76. The van der Waals surface area contributed by atoms with Crippen LogP contribution in [0.5, 0.6) is 0 Å². The van der Waals surface area contributed by atoms with Crippen LogP contribution in [0.25, 0.3) is 0 Å². The molecule has 0 atom stereocenters. The van der Waals surface area contributed by atoms with E-state index < -0.39 is 0 Å². The molecule has 0 saturated heterocycles. The Morgan fingerprint density at radius 1 is 0.800 bits per heavy atom. The van der Waals surface area contributed by atoms with Crippen molar-refractivity contribution in [2.45, 2.75) is 41.5 Å². The van der Waals surface area contributed by atoms with Crippen molar-refractivity contribution in [2.24, 2.45) is 16.7 Å². The molecule has 0 rings (SSSR count). The first kappa shape index (κ1) is 18.1. The molecule has 0 N–H and O–H groups in total. The van der Waals surface area contributed by atoms with Crippen LogP contribution in [0.4, 0.5) is 0 Å². The van der Waals surface area contributed by atoms with Gasteiger partial charge in [-0.2, -0.15) is 0 Å². The van der Waals surface area contributed by atoms with Crippen LogP contribution in [-0.4, -0.2) is 32.2 Å². The Morgan fingerprint density at radius 2 is 1.07 bits per heavy atom. The summed E-state index contributed by atoms with van der Waals surface area (Å²) in [7, 11) is 6.85. The summed E-state index contributed by atoms with van der Waals surface area (Å²) in [5.41, 5.74) is 0.785.